The molecule has 0 spiro atoms. The molecule has 0 heterocycles. The highest BCUT2D eigenvalue weighted by Gasteiger charge is 2.27. The smallest absolute Gasteiger partial charge is 0.323 e. The van der Waals surface area contributed by atoms with Crippen molar-refractivity contribution in [1.29, 1.82) is 0 Å². The van der Waals surface area contributed by atoms with Crippen molar-refractivity contribution in [2.24, 2.45) is 11.5 Å². The highest BCUT2D eigenvalue weighted by molar-refractivity contribution is 5.88. The van der Waals surface area contributed by atoms with Crippen LogP contribution in [0.5, 0.6) is 0 Å². The molecule has 108 valence electrons. The first-order valence-electron chi connectivity index (χ1n) is 5.49. The van der Waals surface area contributed by atoms with Crippen LogP contribution < -0.4 is 11.5 Å². The van der Waals surface area contributed by atoms with Gasteiger partial charge < -0.3 is 26.4 Å². The summed E-state index contributed by atoms with van der Waals surface area (Å²) in [5.41, 5.74) is 9.96. The summed E-state index contributed by atoms with van der Waals surface area (Å²) in [4.78, 5) is 46.2. The van der Waals surface area contributed by atoms with Crippen LogP contribution in [0.3, 0.4) is 0 Å². The minimum absolute atomic E-state index is 0.370. The Hall–Kier alpha value is -2.32. The summed E-state index contributed by atoms with van der Waals surface area (Å²) in [5.74, 6) is -2.88. The summed E-state index contributed by atoms with van der Waals surface area (Å²) in [6, 6.07) is -1.17. The largest absolute Gasteiger partial charge is 0.480 e. The standard InChI is InChI=1S/C10H18N4O5/c1-6(2)14(4-8(12)16)10(19)13(3-7(11)15)5-9(17)18/h6H,3-5H2,1-2H3,(H2,11,15)(H2,12,16)(H,17,18). The highest BCUT2D eigenvalue weighted by atomic mass is 16.4. The fourth-order valence-electron chi connectivity index (χ4n) is 1.36. The van der Waals surface area contributed by atoms with E-state index in [2.05, 4.69) is 0 Å². The van der Waals surface area contributed by atoms with Gasteiger partial charge in [0.25, 0.3) is 0 Å². The Bertz CT molecular complexity index is 366. The van der Waals surface area contributed by atoms with Gasteiger partial charge in [0.2, 0.25) is 11.8 Å². The molecule has 0 rings (SSSR count). The van der Waals surface area contributed by atoms with Crippen molar-refractivity contribution in [3.63, 3.8) is 0 Å². The molecule has 0 radical (unpaired) electrons. The second kappa shape index (κ2) is 7.19. The molecule has 19 heavy (non-hydrogen) atoms. The molecule has 0 aromatic rings. The summed E-state index contributed by atoms with van der Waals surface area (Å²) >= 11 is 0. The molecule has 0 atom stereocenters. The fourth-order valence-corrected chi connectivity index (χ4v) is 1.36. The van der Waals surface area contributed by atoms with Crippen molar-refractivity contribution in [2.75, 3.05) is 19.6 Å². The lowest BCUT2D eigenvalue weighted by Crippen LogP contribution is -2.52. The number of nitrogens with two attached hydrogens (primary N) is 2. The zero-order valence-corrected chi connectivity index (χ0v) is 10.8. The molecule has 0 aliphatic rings. The van der Waals surface area contributed by atoms with E-state index < -0.39 is 36.9 Å². The summed E-state index contributed by atoms with van der Waals surface area (Å²) in [7, 11) is 0. The number of hydrogen-bond donors (Lipinski definition) is 3. The second-order valence-corrected chi connectivity index (χ2v) is 4.19. The predicted molar refractivity (Wildman–Crippen MR) is 64.8 cm³/mol. The van der Waals surface area contributed by atoms with Gasteiger partial charge in [-0.25, -0.2) is 4.79 Å². The molecular formula is C10H18N4O5. The quantitative estimate of drug-likeness (QED) is 0.499. The molecular weight excluding hydrogens is 256 g/mol. The van der Waals surface area contributed by atoms with Crippen LogP contribution in [0, 0.1) is 0 Å². The van der Waals surface area contributed by atoms with Gasteiger partial charge in [0.1, 0.15) is 19.6 Å². The lowest BCUT2D eigenvalue weighted by atomic mass is 10.3. The number of hydrogen-bond acceptors (Lipinski definition) is 4. The first kappa shape index (κ1) is 16.7. The molecule has 0 fully saturated rings. The van der Waals surface area contributed by atoms with Crippen molar-refractivity contribution in [1.82, 2.24) is 9.80 Å². The van der Waals surface area contributed by atoms with E-state index in [1.165, 1.54) is 0 Å². The Labute approximate surface area is 110 Å². The summed E-state index contributed by atoms with van der Waals surface area (Å²) in [5, 5.41) is 8.69. The van der Waals surface area contributed by atoms with Gasteiger partial charge in [-0.1, -0.05) is 0 Å². The van der Waals surface area contributed by atoms with Crippen molar-refractivity contribution in [3.05, 3.63) is 0 Å². The van der Waals surface area contributed by atoms with Gasteiger partial charge in [-0.15, -0.1) is 0 Å². The fraction of sp³-hybridized carbons (Fsp3) is 0.600. The van der Waals surface area contributed by atoms with E-state index in [1.807, 2.05) is 0 Å². The Balaban J connectivity index is 5.04. The lowest BCUT2D eigenvalue weighted by Gasteiger charge is -2.31. The topological polar surface area (TPSA) is 147 Å². The van der Waals surface area contributed by atoms with E-state index in [-0.39, 0.29) is 12.6 Å². The van der Waals surface area contributed by atoms with E-state index in [4.69, 9.17) is 16.6 Å². The number of rotatable bonds is 7. The van der Waals surface area contributed by atoms with Gasteiger partial charge >= 0.3 is 12.0 Å². The maximum Gasteiger partial charge on any atom is 0.323 e. The molecule has 0 bridgehead atoms. The molecule has 0 saturated carbocycles. The average molecular weight is 274 g/mol. The number of carbonyl (C=O) groups is 4. The number of nitrogens with zero attached hydrogens (tertiary/aromatic N) is 2. The number of carboxylic acids is 1. The number of aliphatic carboxylic acids is 1. The molecule has 0 saturated heterocycles. The van der Waals surface area contributed by atoms with E-state index in [0.29, 0.717) is 0 Å². The zero-order valence-electron chi connectivity index (χ0n) is 10.8. The van der Waals surface area contributed by atoms with Gasteiger partial charge in [0.05, 0.1) is 0 Å². The van der Waals surface area contributed by atoms with Crippen LogP contribution in [0.15, 0.2) is 0 Å². The third kappa shape index (κ3) is 6.24. The molecule has 0 unspecified atom stereocenters. The van der Waals surface area contributed by atoms with Crippen LogP contribution in [0.25, 0.3) is 0 Å². The molecule has 0 aromatic carbocycles. The third-order valence-electron chi connectivity index (χ3n) is 2.14. The van der Waals surface area contributed by atoms with Crippen molar-refractivity contribution >= 4 is 23.8 Å². The first-order chi connectivity index (χ1) is 8.65. The number of amides is 4. The second-order valence-electron chi connectivity index (χ2n) is 4.19. The van der Waals surface area contributed by atoms with Gasteiger partial charge in [-0.05, 0) is 13.8 Å². The van der Waals surface area contributed by atoms with Crippen molar-refractivity contribution < 1.29 is 24.3 Å². The van der Waals surface area contributed by atoms with Crippen LogP contribution in [0.1, 0.15) is 13.8 Å². The number of urea groups is 1. The van der Waals surface area contributed by atoms with Gasteiger partial charge in [-0.2, -0.15) is 0 Å². The lowest BCUT2D eigenvalue weighted by molar-refractivity contribution is -0.138. The monoisotopic (exact) mass is 274 g/mol. The number of primary amides is 2. The molecule has 9 heteroatoms. The van der Waals surface area contributed by atoms with Crippen LogP contribution in [-0.2, 0) is 14.4 Å². The molecule has 0 aliphatic carbocycles. The summed E-state index contributed by atoms with van der Waals surface area (Å²) in [6.45, 7) is 1.65. The zero-order chi connectivity index (χ0) is 15.2. The van der Waals surface area contributed by atoms with Crippen LogP contribution in [0.4, 0.5) is 4.79 Å². The number of carboxylic acid groups (broad SMARTS) is 1. The molecule has 0 aromatic heterocycles. The molecule has 9 nitrogen and oxygen atoms in total. The maximum absolute atomic E-state index is 12.1. The van der Waals surface area contributed by atoms with Crippen LogP contribution in [0.2, 0.25) is 0 Å². The van der Waals surface area contributed by atoms with E-state index in [1.54, 1.807) is 13.8 Å². The summed E-state index contributed by atoms with van der Waals surface area (Å²) < 4.78 is 0. The van der Waals surface area contributed by atoms with Crippen LogP contribution >= 0.6 is 0 Å². The van der Waals surface area contributed by atoms with E-state index in [0.717, 1.165) is 9.80 Å². The third-order valence-corrected chi connectivity index (χ3v) is 2.14. The Kier molecular flexibility index (Phi) is 6.31. The molecule has 5 N–H and O–H groups in total. The first-order valence-corrected chi connectivity index (χ1v) is 5.49. The minimum Gasteiger partial charge on any atom is -0.480 e. The van der Waals surface area contributed by atoms with Gasteiger partial charge in [-0.3, -0.25) is 14.4 Å². The van der Waals surface area contributed by atoms with Crippen molar-refractivity contribution in [3.8, 4) is 0 Å². The minimum atomic E-state index is -1.29. The molecule has 0 aliphatic heterocycles. The van der Waals surface area contributed by atoms with Crippen LogP contribution in [-0.4, -0.2) is 64.4 Å². The highest BCUT2D eigenvalue weighted by Crippen LogP contribution is 2.04. The van der Waals surface area contributed by atoms with Gasteiger partial charge in [0, 0.05) is 6.04 Å². The van der Waals surface area contributed by atoms with Gasteiger partial charge in [0.15, 0.2) is 0 Å². The number of carbonyl (C=O) groups excluding carboxylic acids is 3. The Morgan fingerprint density at radius 3 is 1.79 bits per heavy atom. The summed E-state index contributed by atoms with van der Waals surface area (Å²) in [6.07, 6.45) is 0. The maximum atomic E-state index is 12.1. The Morgan fingerprint density at radius 1 is 1.00 bits per heavy atom. The predicted octanol–water partition coefficient (Wildman–Crippen LogP) is -1.83. The van der Waals surface area contributed by atoms with E-state index in [9.17, 15) is 19.2 Å². The average Bonchev–Trinajstić information content (AvgIpc) is 2.22. The van der Waals surface area contributed by atoms with E-state index >= 15 is 0 Å². The van der Waals surface area contributed by atoms with Crippen molar-refractivity contribution in [2.45, 2.75) is 19.9 Å². The SMILES string of the molecule is CC(C)N(CC(N)=O)C(=O)N(CC(N)=O)CC(=O)O. The molecule has 4 amide bonds. The Morgan fingerprint density at radius 2 is 1.47 bits per heavy atom. The normalized spacial score (nSPS) is 10.1.